The third-order valence-corrected chi connectivity index (χ3v) is 11.2. The fourth-order valence-electron chi connectivity index (χ4n) is 8.51. The quantitative estimate of drug-likeness (QED) is 0.163. The fraction of sp³-hybridized carbons (Fsp3) is 0. The molecule has 0 spiro atoms. The fourth-order valence-corrected chi connectivity index (χ4v) is 8.51. The van der Waals surface area contributed by atoms with Gasteiger partial charge in [0.15, 0.2) is 5.82 Å². The van der Waals surface area contributed by atoms with E-state index in [9.17, 15) is 0 Å². The predicted molar refractivity (Wildman–Crippen MR) is 240 cm³/mol. The first-order chi connectivity index (χ1) is 28.8. The van der Waals surface area contributed by atoms with Gasteiger partial charge < -0.3 is 9.47 Å². The van der Waals surface area contributed by atoms with Crippen LogP contribution in [0.15, 0.2) is 213 Å². The second-order valence-corrected chi connectivity index (χ2v) is 14.6. The predicted octanol–water partition coefficient (Wildman–Crippen LogP) is 13.7. The second-order valence-electron chi connectivity index (χ2n) is 14.6. The van der Waals surface area contributed by atoms with Gasteiger partial charge in [0.1, 0.15) is 12.7 Å². The van der Waals surface area contributed by atoms with Gasteiger partial charge in [0, 0.05) is 38.8 Å². The van der Waals surface area contributed by atoms with Crippen molar-refractivity contribution in [1.29, 1.82) is 0 Å². The van der Waals surface area contributed by atoms with Gasteiger partial charge in [-0.2, -0.15) is 0 Å². The van der Waals surface area contributed by atoms with Crippen molar-refractivity contribution >= 4 is 60.4 Å². The molecule has 0 amide bonds. The van der Waals surface area contributed by atoms with Crippen LogP contribution in [0.4, 0.5) is 17.1 Å². The van der Waals surface area contributed by atoms with Crippen LogP contribution in [0.1, 0.15) is 0 Å². The number of rotatable bonds is 7. The molecule has 0 aliphatic heterocycles. The highest BCUT2D eigenvalue weighted by atomic mass is 15.1. The van der Waals surface area contributed by atoms with Crippen molar-refractivity contribution in [1.82, 2.24) is 19.5 Å². The van der Waals surface area contributed by atoms with Crippen LogP contribution in [0.2, 0.25) is 0 Å². The van der Waals surface area contributed by atoms with Gasteiger partial charge in [-0.05, 0) is 93.0 Å². The molecule has 11 rings (SSSR count). The zero-order chi connectivity index (χ0) is 38.4. The van der Waals surface area contributed by atoms with Crippen LogP contribution in [-0.4, -0.2) is 19.5 Å². The van der Waals surface area contributed by atoms with Crippen molar-refractivity contribution in [3.8, 4) is 39.3 Å². The average Bonchev–Trinajstić information content (AvgIpc) is 3.63. The number of para-hydroxylation sites is 1. The van der Waals surface area contributed by atoms with Crippen molar-refractivity contribution in [3.05, 3.63) is 213 Å². The minimum atomic E-state index is 0.651. The molecule has 0 saturated heterocycles. The van der Waals surface area contributed by atoms with Crippen LogP contribution in [0.3, 0.4) is 0 Å². The molecule has 5 heteroatoms. The molecule has 0 fully saturated rings. The molecule has 0 bridgehead atoms. The molecule has 2 aromatic heterocycles. The monoisotopic (exact) mass is 741 g/mol. The summed E-state index contributed by atoms with van der Waals surface area (Å²) in [5, 5.41) is 7.19. The van der Waals surface area contributed by atoms with E-state index >= 15 is 0 Å². The molecule has 0 saturated carbocycles. The summed E-state index contributed by atoms with van der Waals surface area (Å²) < 4.78 is 2.35. The van der Waals surface area contributed by atoms with Gasteiger partial charge in [-0.1, -0.05) is 146 Å². The molecule has 0 atom stereocenters. The number of aromatic nitrogens is 4. The lowest BCUT2D eigenvalue weighted by molar-refractivity contribution is 1.06. The Morgan fingerprint density at radius 1 is 0.379 bits per heavy atom. The largest absolute Gasteiger partial charge is 0.310 e. The van der Waals surface area contributed by atoms with Gasteiger partial charge in [0.25, 0.3) is 0 Å². The third kappa shape index (κ3) is 5.76. The molecule has 2 heterocycles. The molecule has 272 valence electrons. The smallest absolute Gasteiger partial charge is 0.162 e. The maximum Gasteiger partial charge on any atom is 0.162 e. The zero-order valence-electron chi connectivity index (χ0n) is 31.4. The van der Waals surface area contributed by atoms with Crippen LogP contribution in [-0.2, 0) is 0 Å². The molecule has 0 aliphatic rings. The summed E-state index contributed by atoms with van der Waals surface area (Å²) in [5.41, 5.74) is 12.2. The van der Waals surface area contributed by atoms with Crippen molar-refractivity contribution in [2.24, 2.45) is 0 Å². The molecule has 0 aliphatic carbocycles. The highest BCUT2D eigenvalue weighted by molar-refractivity contribution is 6.11. The summed E-state index contributed by atoms with van der Waals surface area (Å²) in [6.07, 6.45) is 3.09. The first-order valence-corrected chi connectivity index (χ1v) is 19.5. The number of nitrogens with zero attached hydrogens (tertiary/aromatic N) is 5. The Balaban J connectivity index is 1.08. The number of benzene rings is 9. The SMILES string of the molecule is c1ccc(-n2c3cc(-c4ncncn4)ccc3c3ccc(-c4ccccc4-c4cccc(N(c5ccc6ccccc6c5)c5cccc6ccccc56)c4)cc32)cc1. The van der Waals surface area contributed by atoms with Gasteiger partial charge in [-0.3, -0.25) is 0 Å². The Hall–Kier alpha value is -7.89. The van der Waals surface area contributed by atoms with E-state index in [1.807, 2.05) is 0 Å². The first-order valence-electron chi connectivity index (χ1n) is 19.5. The van der Waals surface area contributed by atoms with Crippen molar-refractivity contribution in [2.75, 3.05) is 4.90 Å². The molecule has 5 nitrogen and oxygen atoms in total. The van der Waals surface area contributed by atoms with Crippen molar-refractivity contribution in [3.63, 3.8) is 0 Å². The molecule has 58 heavy (non-hydrogen) atoms. The van der Waals surface area contributed by atoms with Crippen LogP contribution in [0.25, 0.3) is 82.7 Å². The summed E-state index contributed by atoms with van der Waals surface area (Å²) in [6, 6.07) is 72.2. The summed E-state index contributed by atoms with van der Waals surface area (Å²) in [5.74, 6) is 0.651. The molecule has 0 radical (unpaired) electrons. The van der Waals surface area contributed by atoms with E-state index in [0.29, 0.717) is 5.82 Å². The van der Waals surface area contributed by atoms with Gasteiger partial charge in [0.05, 0.1) is 16.7 Å². The van der Waals surface area contributed by atoms with Gasteiger partial charge in [-0.15, -0.1) is 0 Å². The Morgan fingerprint density at radius 3 is 1.78 bits per heavy atom. The third-order valence-electron chi connectivity index (χ3n) is 11.2. The Labute approximate surface area is 335 Å². The topological polar surface area (TPSA) is 46.8 Å². The molecule has 9 aromatic carbocycles. The van der Waals surface area contributed by atoms with Crippen LogP contribution < -0.4 is 4.90 Å². The van der Waals surface area contributed by atoms with E-state index in [0.717, 1.165) is 50.5 Å². The second kappa shape index (κ2) is 14.0. The zero-order valence-corrected chi connectivity index (χ0v) is 31.4. The Kier molecular flexibility index (Phi) is 8.07. The van der Waals surface area contributed by atoms with Gasteiger partial charge in [-0.25, -0.2) is 15.0 Å². The minimum Gasteiger partial charge on any atom is -0.310 e. The van der Waals surface area contributed by atoms with Crippen LogP contribution in [0.5, 0.6) is 0 Å². The maximum atomic E-state index is 4.45. The number of hydrogen-bond acceptors (Lipinski definition) is 4. The molecule has 0 unspecified atom stereocenters. The lowest BCUT2D eigenvalue weighted by Crippen LogP contribution is -2.10. The standard InChI is InChI=1S/C53H35N5/c1-2-17-42(18-3-1)58-51-32-40(25-28-48(51)49-29-26-41(33-52(49)58)53-55-34-54-35-56-53)46-21-9-8-20-45(46)39-16-10-19-43(31-39)57(44-27-24-36-12-4-5-14-38(36)30-44)50-23-11-15-37-13-6-7-22-47(37)50/h1-35H. The molecular formula is C53H35N5. The lowest BCUT2D eigenvalue weighted by atomic mass is 9.93. The van der Waals surface area contributed by atoms with Gasteiger partial charge in [0.2, 0.25) is 0 Å². The normalized spacial score (nSPS) is 11.4. The highest BCUT2D eigenvalue weighted by Gasteiger charge is 2.19. The molecule has 11 aromatic rings. The van der Waals surface area contributed by atoms with E-state index in [1.54, 1.807) is 12.7 Å². The maximum absolute atomic E-state index is 4.45. The van der Waals surface area contributed by atoms with Crippen molar-refractivity contribution < 1.29 is 0 Å². The molecule has 0 N–H and O–H groups in total. The van der Waals surface area contributed by atoms with E-state index in [-0.39, 0.29) is 0 Å². The summed E-state index contributed by atoms with van der Waals surface area (Å²) >= 11 is 0. The number of fused-ring (bicyclic) bond motifs is 5. The Bertz CT molecular complexity index is 3290. The minimum absolute atomic E-state index is 0.651. The van der Waals surface area contributed by atoms with Gasteiger partial charge >= 0.3 is 0 Å². The Morgan fingerprint density at radius 2 is 0.983 bits per heavy atom. The average molecular weight is 742 g/mol. The van der Waals surface area contributed by atoms with E-state index in [1.165, 1.54) is 43.4 Å². The summed E-state index contributed by atoms with van der Waals surface area (Å²) in [6.45, 7) is 0. The number of hydrogen-bond donors (Lipinski definition) is 0. The lowest BCUT2D eigenvalue weighted by Gasteiger charge is -2.28. The highest BCUT2D eigenvalue weighted by Crippen LogP contribution is 2.43. The van der Waals surface area contributed by atoms with Crippen molar-refractivity contribution in [2.45, 2.75) is 0 Å². The summed E-state index contributed by atoms with van der Waals surface area (Å²) in [7, 11) is 0. The molecular weight excluding hydrogens is 707 g/mol. The van der Waals surface area contributed by atoms with E-state index in [2.05, 4.69) is 225 Å². The number of anilines is 3. The summed E-state index contributed by atoms with van der Waals surface area (Å²) in [4.78, 5) is 15.3. The first kappa shape index (κ1) is 33.4. The van der Waals surface area contributed by atoms with Crippen LogP contribution in [0, 0.1) is 0 Å². The van der Waals surface area contributed by atoms with E-state index in [4.69, 9.17) is 0 Å². The van der Waals surface area contributed by atoms with E-state index < -0.39 is 0 Å². The van der Waals surface area contributed by atoms with Crippen LogP contribution >= 0.6 is 0 Å².